The molecule has 0 saturated carbocycles. The molecule has 2 heterocycles. The highest BCUT2D eigenvalue weighted by molar-refractivity contribution is 6.41. The third-order valence-corrected chi connectivity index (χ3v) is 5.72. The molecule has 3 rings (SSSR count). The maximum atomic E-state index is 13.0. The number of amides is 1. The summed E-state index contributed by atoms with van der Waals surface area (Å²) in [5.74, 6) is -0.453. The van der Waals surface area contributed by atoms with Crippen LogP contribution in [0.5, 0.6) is 0 Å². The van der Waals surface area contributed by atoms with E-state index in [0.717, 1.165) is 11.1 Å². The van der Waals surface area contributed by atoms with E-state index >= 15 is 0 Å². The van der Waals surface area contributed by atoms with Gasteiger partial charge in [0.1, 0.15) is 17.5 Å². The van der Waals surface area contributed by atoms with Crippen molar-refractivity contribution in [1.82, 2.24) is 9.47 Å². The van der Waals surface area contributed by atoms with Gasteiger partial charge >= 0.3 is 0 Å². The lowest BCUT2D eigenvalue weighted by atomic mass is 9.77. The number of halogens is 2. The van der Waals surface area contributed by atoms with E-state index in [2.05, 4.69) is 0 Å². The molecular formula is C19H20Cl2N2O3. The standard InChI is InChI=1S/C19H20Cl2N2O3/c1-19(2)10-23(18(26)15-7-14(20)17(21)22(15)3)8-12-5-4-11(6-13(12)19)16(25)9-24/h4-7,24H,8-10H2,1-3H3. The smallest absolute Gasteiger partial charge is 0.270 e. The first-order valence-electron chi connectivity index (χ1n) is 8.23. The largest absolute Gasteiger partial charge is 0.388 e. The second-order valence-corrected chi connectivity index (χ2v) is 7.99. The lowest BCUT2D eigenvalue weighted by Crippen LogP contribution is -2.45. The molecule has 5 nitrogen and oxygen atoms in total. The van der Waals surface area contributed by atoms with Gasteiger partial charge in [0.15, 0.2) is 5.78 Å². The van der Waals surface area contributed by atoms with Crippen molar-refractivity contribution in [3.05, 3.63) is 56.8 Å². The number of carbonyl (C=O) groups excluding carboxylic acids is 2. The van der Waals surface area contributed by atoms with Crippen LogP contribution in [0.2, 0.25) is 10.2 Å². The Bertz CT molecular complexity index is 902. The Morgan fingerprint density at radius 2 is 1.92 bits per heavy atom. The molecule has 1 aliphatic rings. The minimum Gasteiger partial charge on any atom is -0.388 e. The van der Waals surface area contributed by atoms with Gasteiger partial charge in [0.05, 0.1) is 5.02 Å². The number of benzene rings is 1. The van der Waals surface area contributed by atoms with Gasteiger partial charge in [-0.15, -0.1) is 0 Å². The van der Waals surface area contributed by atoms with Crippen LogP contribution in [0.15, 0.2) is 24.3 Å². The molecule has 1 aromatic carbocycles. The van der Waals surface area contributed by atoms with Gasteiger partial charge in [0, 0.05) is 31.1 Å². The van der Waals surface area contributed by atoms with E-state index in [-0.39, 0.29) is 17.1 Å². The Kier molecular flexibility index (Phi) is 4.90. The molecule has 1 amide bonds. The van der Waals surface area contributed by atoms with Crippen molar-refractivity contribution in [3.63, 3.8) is 0 Å². The normalized spacial score (nSPS) is 15.7. The molecule has 0 radical (unpaired) electrons. The van der Waals surface area contributed by atoms with Gasteiger partial charge in [-0.2, -0.15) is 0 Å². The highest BCUT2D eigenvalue weighted by Crippen LogP contribution is 2.35. The van der Waals surface area contributed by atoms with Gasteiger partial charge in [-0.3, -0.25) is 9.59 Å². The van der Waals surface area contributed by atoms with Crippen LogP contribution < -0.4 is 0 Å². The van der Waals surface area contributed by atoms with Crippen LogP contribution in [0.4, 0.5) is 0 Å². The van der Waals surface area contributed by atoms with Gasteiger partial charge < -0.3 is 14.6 Å². The van der Waals surface area contributed by atoms with Crippen molar-refractivity contribution >= 4 is 34.9 Å². The van der Waals surface area contributed by atoms with Crippen LogP contribution in [-0.2, 0) is 19.0 Å². The number of aliphatic hydroxyl groups is 1. The summed E-state index contributed by atoms with van der Waals surface area (Å²) < 4.78 is 1.58. The molecule has 0 aliphatic carbocycles. The number of fused-ring (bicyclic) bond motifs is 1. The average molecular weight is 395 g/mol. The van der Waals surface area contributed by atoms with E-state index in [9.17, 15) is 9.59 Å². The number of ketones is 1. The van der Waals surface area contributed by atoms with Crippen LogP contribution in [0.25, 0.3) is 0 Å². The molecule has 26 heavy (non-hydrogen) atoms. The molecule has 7 heteroatoms. The molecule has 1 aliphatic heterocycles. The number of aliphatic hydroxyl groups excluding tert-OH is 1. The summed E-state index contributed by atoms with van der Waals surface area (Å²) in [5.41, 5.74) is 2.58. The SMILES string of the molecule is Cn1c(C(=O)N2Cc3ccc(C(=O)CO)cc3C(C)(C)C2)cc(Cl)c1Cl. The van der Waals surface area contributed by atoms with Crippen LogP contribution >= 0.6 is 23.2 Å². The lowest BCUT2D eigenvalue weighted by molar-refractivity contribution is 0.0676. The molecule has 0 saturated heterocycles. The van der Waals surface area contributed by atoms with Gasteiger partial charge in [-0.25, -0.2) is 0 Å². The predicted octanol–water partition coefficient (Wildman–Crippen LogP) is 3.44. The van der Waals surface area contributed by atoms with E-state index in [4.69, 9.17) is 28.3 Å². The van der Waals surface area contributed by atoms with Crippen LogP contribution in [0.1, 0.15) is 45.8 Å². The molecular weight excluding hydrogens is 375 g/mol. The maximum Gasteiger partial charge on any atom is 0.270 e. The zero-order valence-electron chi connectivity index (χ0n) is 14.8. The summed E-state index contributed by atoms with van der Waals surface area (Å²) >= 11 is 12.1. The minimum absolute atomic E-state index is 0.143. The Balaban J connectivity index is 1.96. The Hall–Kier alpha value is -1.82. The highest BCUT2D eigenvalue weighted by atomic mass is 35.5. The minimum atomic E-state index is -0.515. The van der Waals surface area contributed by atoms with Crippen molar-refractivity contribution in [2.45, 2.75) is 25.8 Å². The number of rotatable bonds is 3. The topological polar surface area (TPSA) is 62.5 Å². The Morgan fingerprint density at radius 1 is 1.23 bits per heavy atom. The van der Waals surface area contributed by atoms with Crippen molar-refractivity contribution in [1.29, 1.82) is 0 Å². The fourth-order valence-electron chi connectivity index (χ4n) is 3.49. The third kappa shape index (κ3) is 3.15. The first-order valence-corrected chi connectivity index (χ1v) is 8.98. The summed E-state index contributed by atoms with van der Waals surface area (Å²) in [5, 5.41) is 9.77. The van der Waals surface area contributed by atoms with Crippen molar-refractivity contribution < 1.29 is 14.7 Å². The average Bonchev–Trinajstić information content (AvgIpc) is 2.87. The number of hydrogen-bond donors (Lipinski definition) is 1. The molecule has 0 unspecified atom stereocenters. The zero-order chi connectivity index (χ0) is 19.2. The predicted molar refractivity (Wildman–Crippen MR) is 101 cm³/mol. The zero-order valence-corrected chi connectivity index (χ0v) is 16.4. The summed E-state index contributed by atoms with van der Waals surface area (Å²) in [7, 11) is 1.71. The quantitative estimate of drug-likeness (QED) is 0.810. The fraction of sp³-hybridized carbons (Fsp3) is 0.368. The summed E-state index contributed by atoms with van der Waals surface area (Å²) in [6, 6.07) is 6.95. The summed E-state index contributed by atoms with van der Waals surface area (Å²) in [6.45, 7) is 4.48. The monoisotopic (exact) mass is 394 g/mol. The van der Waals surface area contributed by atoms with Gasteiger partial charge in [-0.05, 0) is 23.3 Å². The number of nitrogens with zero attached hydrogens (tertiary/aromatic N) is 2. The highest BCUT2D eigenvalue weighted by Gasteiger charge is 2.35. The molecule has 0 atom stereocenters. The molecule has 0 fully saturated rings. The van der Waals surface area contributed by atoms with E-state index < -0.39 is 6.61 Å². The van der Waals surface area contributed by atoms with E-state index in [0.29, 0.717) is 34.5 Å². The van der Waals surface area contributed by atoms with Gasteiger partial charge in [0.25, 0.3) is 5.91 Å². The van der Waals surface area contributed by atoms with Crippen molar-refractivity contribution in [3.8, 4) is 0 Å². The molecule has 0 bridgehead atoms. The first kappa shape index (κ1) is 19.0. The van der Waals surface area contributed by atoms with E-state index in [1.54, 1.807) is 28.6 Å². The van der Waals surface area contributed by atoms with Crippen LogP contribution in [0.3, 0.4) is 0 Å². The first-order chi connectivity index (χ1) is 12.2. The number of carbonyl (C=O) groups is 2. The number of aromatic nitrogens is 1. The molecule has 1 N–H and O–H groups in total. The third-order valence-electron chi connectivity index (χ3n) is 4.87. The molecule has 2 aromatic rings. The van der Waals surface area contributed by atoms with E-state index in [1.807, 2.05) is 26.0 Å². The van der Waals surface area contributed by atoms with Crippen molar-refractivity contribution in [2.24, 2.45) is 7.05 Å². The Labute approximate surface area is 162 Å². The second kappa shape index (κ2) is 6.72. The molecule has 1 aromatic heterocycles. The summed E-state index contributed by atoms with van der Waals surface area (Å²) in [6.07, 6.45) is 0. The lowest BCUT2D eigenvalue weighted by Gasteiger charge is -2.40. The fourth-order valence-corrected chi connectivity index (χ4v) is 3.86. The van der Waals surface area contributed by atoms with Crippen LogP contribution in [0, 0.1) is 0 Å². The van der Waals surface area contributed by atoms with E-state index in [1.165, 1.54) is 0 Å². The van der Waals surface area contributed by atoms with Crippen LogP contribution in [-0.4, -0.2) is 39.4 Å². The molecule has 0 spiro atoms. The van der Waals surface area contributed by atoms with Crippen molar-refractivity contribution in [2.75, 3.05) is 13.2 Å². The van der Waals surface area contributed by atoms with Gasteiger partial charge in [0.2, 0.25) is 0 Å². The van der Waals surface area contributed by atoms with Gasteiger partial charge in [-0.1, -0.05) is 49.2 Å². The number of hydrogen-bond acceptors (Lipinski definition) is 3. The maximum absolute atomic E-state index is 13.0. The second-order valence-electron chi connectivity index (χ2n) is 7.23. The Morgan fingerprint density at radius 3 is 2.50 bits per heavy atom. The number of Topliss-reactive ketones (excluding diaryl/α,β-unsaturated/α-hetero) is 1. The summed E-state index contributed by atoms with van der Waals surface area (Å²) in [4.78, 5) is 26.6. The molecule has 138 valence electrons.